The number of ether oxygens (including phenoxy) is 1. The minimum absolute atomic E-state index is 0.0967. The predicted molar refractivity (Wildman–Crippen MR) is 126 cm³/mol. The molecule has 0 bridgehead atoms. The molecule has 0 aliphatic heterocycles. The summed E-state index contributed by atoms with van der Waals surface area (Å²) in [7, 11) is 1.84. The Morgan fingerprint density at radius 3 is 2.48 bits per heavy atom. The largest absolute Gasteiger partial charge is 0.486 e. The van der Waals surface area contributed by atoms with Crippen molar-refractivity contribution in [3.8, 4) is 5.75 Å². The Kier molecular flexibility index (Phi) is 7.51. The molecular formula is C22H24Cl2N4O2S. The van der Waals surface area contributed by atoms with Gasteiger partial charge in [-0.3, -0.25) is 4.79 Å². The first kappa shape index (κ1) is 23.4. The van der Waals surface area contributed by atoms with Crippen molar-refractivity contribution in [3.63, 3.8) is 0 Å². The van der Waals surface area contributed by atoms with Gasteiger partial charge in [0, 0.05) is 12.1 Å². The van der Waals surface area contributed by atoms with Crippen molar-refractivity contribution in [2.24, 2.45) is 7.05 Å². The van der Waals surface area contributed by atoms with E-state index in [9.17, 15) is 4.79 Å². The molecule has 1 aromatic heterocycles. The molecule has 1 amide bonds. The molecule has 0 unspecified atom stereocenters. The first-order chi connectivity index (χ1) is 14.6. The van der Waals surface area contributed by atoms with Crippen molar-refractivity contribution in [2.75, 3.05) is 11.1 Å². The number of rotatable bonds is 7. The molecule has 0 saturated heterocycles. The highest BCUT2D eigenvalue weighted by molar-refractivity contribution is 7.99. The van der Waals surface area contributed by atoms with Gasteiger partial charge in [-0.05, 0) is 41.3 Å². The topological polar surface area (TPSA) is 69.0 Å². The van der Waals surface area contributed by atoms with Gasteiger partial charge in [0.1, 0.15) is 12.4 Å². The van der Waals surface area contributed by atoms with Crippen LogP contribution >= 0.6 is 35.0 Å². The number of hydrogen-bond donors (Lipinski definition) is 1. The maximum absolute atomic E-state index is 12.2. The number of carbonyl (C=O) groups excluding carboxylic acids is 1. The number of thioether (sulfide) groups is 1. The van der Waals surface area contributed by atoms with Gasteiger partial charge in [-0.1, -0.05) is 67.9 Å². The van der Waals surface area contributed by atoms with E-state index in [1.165, 1.54) is 17.3 Å². The van der Waals surface area contributed by atoms with Crippen LogP contribution < -0.4 is 10.1 Å². The lowest BCUT2D eigenvalue weighted by atomic mass is 9.87. The molecule has 0 saturated carbocycles. The Labute approximate surface area is 196 Å². The zero-order valence-corrected chi connectivity index (χ0v) is 20.1. The average Bonchev–Trinajstić information content (AvgIpc) is 3.06. The second-order valence-electron chi connectivity index (χ2n) is 7.98. The van der Waals surface area contributed by atoms with Gasteiger partial charge < -0.3 is 14.6 Å². The number of benzene rings is 2. The maximum atomic E-state index is 12.2. The van der Waals surface area contributed by atoms with E-state index in [0.717, 1.165) is 5.75 Å². The molecule has 3 rings (SSSR count). The summed E-state index contributed by atoms with van der Waals surface area (Å²) in [6, 6.07) is 13.0. The Morgan fingerprint density at radius 1 is 1.13 bits per heavy atom. The number of nitrogens with zero attached hydrogens (tertiary/aromatic N) is 3. The standard InChI is InChI=1S/C22H24Cl2N4O2S/c1-22(2,3)14-5-8-16(9-6-14)30-12-19-26-27-21(28(19)4)31-13-20(29)25-18-10-7-15(23)11-17(18)24/h5-11H,12-13H2,1-4H3,(H,25,29). The molecule has 0 atom stereocenters. The van der Waals surface area contributed by atoms with Crippen molar-refractivity contribution >= 4 is 46.6 Å². The van der Waals surface area contributed by atoms with Crippen molar-refractivity contribution in [1.82, 2.24) is 14.8 Å². The van der Waals surface area contributed by atoms with Gasteiger partial charge in [0.15, 0.2) is 11.0 Å². The van der Waals surface area contributed by atoms with Gasteiger partial charge >= 0.3 is 0 Å². The molecule has 0 aliphatic carbocycles. The summed E-state index contributed by atoms with van der Waals surface area (Å²) in [5.41, 5.74) is 1.86. The second-order valence-corrected chi connectivity index (χ2v) is 9.77. The smallest absolute Gasteiger partial charge is 0.234 e. The van der Waals surface area contributed by atoms with E-state index in [1.807, 2.05) is 23.7 Å². The van der Waals surface area contributed by atoms with Crippen LogP contribution in [0.25, 0.3) is 0 Å². The Morgan fingerprint density at radius 2 is 1.84 bits per heavy atom. The summed E-state index contributed by atoms with van der Waals surface area (Å²) in [6.45, 7) is 6.80. The van der Waals surface area contributed by atoms with Crippen LogP contribution in [-0.2, 0) is 23.9 Å². The zero-order chi connectivity index (χ0) is 22.6. The molecule has 9 heteroatoms. The van der Waals surface area contributed by atoms with E-state index in [0.29, 0.717) is 26.7 Å². The number of carbonyl (C=O) groups is 1. The fourth-order valence-electron chi connectivity index (χ4n) is 2.70. The molecule has 0 fully saturated rings. The van der Waals surface area contributed by atoms with Crippen LogP contribution in [0.3, 0.4) is 0 Å². The number of anilines is 1. The van der Waals surface area contributed by atoms with Crippen LogP contribution in [0.5, 0.6) is 5.75 Å². The molecule has 1 N–H and O–H groups in total. The fraction of sp³-hybridized carbons (Fsp3) is 0.318. The van der Waals surface area contributed by atoms with Crippen LogP contribution in [0.15, 0.2) is 47.6 Å². The van der Waals surface area contributed by atoms with Gasteiger partial charge in [0.25, 0.3) is 0 Å². The SMILES string of the molecule is Cn1c(COc2ccc(C(C)(C)C)cc2)nnc1SCC(=O)Nc1ccc(Cl)cc1Cl. The average molecular weight is 479 g/mol. The quantitative estimate of drug-likeness (QED) is 0.439. The van der Waals surface area contributed by atoms with Crippen molar-refractivity contribution < 1.29 is 9.53 Å². The van der Waals surface area contributed by atoms with E-state index in [1.54, 1.807) is 18.2 Å². The predicted octanol–water partition coefficient (Wildman–Crippen LogP) is 5.73. The van der Waals surface area contributed by atoms with Gasteiger partial charge in [0.05, 0.1) is 16.5 Å². The van der Waals surface area contributed by atoms with Crippen LogP contribution in [-0.4, -0.2) is 26.4 Å². The third kappa shape index (κ3) is 6.38. The Bertz CT molecular complexity index is 1060. The molecule has 6 nitrogen and oxygen atoms in total. The summed E-state index contributed by atoms with van der Waals surface area (Å²) in [5, 5.41) is 12.6. The minimum atomic E-state index is -0.200. The summed E-state index contributed by atoms with van der Waals surface area (Å²) in [4.78, 5) is 12.2. The fourth-order valence-corrected chi connectivity index (χ4v) is 3.89. The highest BCUT2D eigenvalue weighted by Crippen LogP contribution is 2.26. The molecule has 3 aromatic rings. The minimum Gasteiger partial charge on any atom is -0.486 e. The summed E-state index contributed by atoms with van der Waals surface area (Å²) < 4.78 is 7.66. The Balaban J connectivity index is 1.53. The lowest BCUT2D eigenvalue weighted by Crippen LogP contribution is -2.15. The molecule has 0 radical (unpaired) electrons. The van der Waals surface area contributed by atoms with E-state index in [4.69, 9.17) is 27.9 Å². The first-order valence-corrected chi connectivity index (χ1v) is 11.4. The lowest BCUT2D eigenvalue weighted by Gasteiger charge is -2.19. The molecule has 2 aromatic carbocycles. The van der Waals surface area contributed by atoms with Crippen molar-refractivity contribution in [2.45, 2.75) is 37.9 Å². The monoisotopic (exact) mass is 478 g/mol. The van der Waals surface area contributed by atoms with Crippen LogP contribution in [0.4, 0.5) is 5.69 Å². The Hall–Kier alpha value is -2.22. The summed E-state index contributed by atoms with van der Waals surface area (Å²) in [6.07, 6.45) is 0. The second kappa shape index (κ2) is 9.94. The summed E-state index contributed by atoms with van der Waals surface area (Å²) in [5.74, 6) is 1.40. The third-order valence-electron chi connectivity index (χ3n) is 4.55. The molecule has 0 aliphatic rings. The van der Waals surface area contributed by atoms with Crippen LogP contribution in [0.1, 0.15) is 32.2 Å². The zero-order valence-electron chi connectivity index (χ0n) is 17.8. The normalized spacial score (nSPS) is 11.4. The van der Waals surface area contributed by atoms with Crippen molar-refractivity contribution in [3.05, 3.63) is 63.9 Å². The van der Waals surface area contributed by atoms with E-state index >= 15 is 0 Å². The van der Waals surface area contributed by atoms with E-state index in [-0.39, 0.29) is 23.7 Å². The highest BCUT2D eigenvalue weighted by Gasteiger charge is 2.15. The summed E-state index contributed by atoms with van der Waals surface area (Å²) >= 11 is 13.2. The third-order valence-corrected chi connectivity index (χ3v) is 6.12. The van der Waals surface area contributed by atoms with E-state index in [2.05, 4.69) is 48.4 Å². The molecular weight excluding hydrogens is 455 g/mol. The number of amides is 1. The van der Waals surface area contributed by atoms with E-state index < -0.39 is 0 Å². The molecule has 164 valence electrons. The van der Waals surface area contributed by atoms with Gasteiger partial charge in [-0.2, -0.15) is 0 Å². The van der Waals surface area contributed by atoms with Gasteiger partial charge in [-0.15, -0.1) is 10.2 Å². The van der Waals surface area contributed by atoms with Crippen LogP contribution in [0, 0.1) is 0 Å². The molecule has 1 heterocycles. The first-order valence-electron chi connectivity index (χ1n) is 9.63. The maximum Gasteiger partial charge on any atom is 0.234 e. The number of nitrogens with one attached hydrogen (secondary N) is 1. The van der Waals surface area contributed by atoms with Crippen LogP contribution in [0.2, 0.25) is 10.0 Å². The highest BCUT2D eigenvalue weighted by atomic mass is 35.5. The molecule has 31 heavy (non-hydrogen) atoms. The number of hydrogen-bond acceptors (Lipinski definition) is 5. The lowest BCUT2D eigenvalue weighted by molar-refractivity contribution is -0.113. The van der Waals surface area contributed by atoms with Gasteiger partial charge in [-0.25, -0.2) is 0 Å². The number of aromatic nitrogens is 3. The van der Waals surface area contributed by atoms with Gasteiger partial charge in [0.2, 0.25) is 5.91 Å². The number of halogens is 2. The van der Waals surface area contributed by atoms with Crippen molar-refractivity contribution in [1.29, 1.82) is 0 Å². The molecule has 0 spiro atoms.